The Morgan fingerprint density at radius 3 is 2.24 bits per heavy atom. The van der Waals surface area contributed by atoms with E-state index in [9.17, 15) is 9.59 Å². The quantitative estimate of drug-likeness (QED) is 0.677. The maximum absolute atomic E-state index is 13.1. The van der Waals surface area contributed by atoms with E-state index in [-0.39, 0.29) is 18.2 Å². The van der Waals surface area contributed by atoms with Crippen molar-refractivity contribution in [3.05, 3.63) is 58.6 Å². The zero-order valence-electron chi connectivity index (χ0n) is 17.2. The van der Waals surface area contributed by atoms with E-state index in [2.05, 4.69) is 5.32 Å². The van der Waals surface area contributed by atoms with Crippen LogP contribution >= 0.6 is 11.6 Å². The highest BCUT2D eigenvalue weighted by Gasteiger charge is 2.26. The van der Waals surface area contributed by atoms with Crippen LogP contribution in [0.2, 0.25) is 5.02 Å². The molecule has 1 N–H and O–H groups in total. The lowest BCUT2D eigenvalue weighted by Gasteiger charge is -2.29. The normalized spacial score (nSPS) is 11.5. The van der Waals surface area contributed by atoms with Gasteiger partial charge < -0.3 is 19.7 Å². The number of benzene rings is 2. The number of amides is 2. The summed E-state index contributed by atoms with van der Waals surface area (Å²) in [6, 6.07) is 12.0. The van der Waals surface area contributed by atoms with E-state index >= 15 is 0 Å². The maximum atomic E-state index is 13.1. The van der Waals surface area contributed by atoms with Gasteiger partial charge in [-0.1, -0.05) is 29.8 Å². The van der Waals surface area contributed by atoms with Crippen molar-refractivity contribution in [2.24, 2.45) is 0 Å². The molecule has 6 nitrogen and oxygen atoms in total. The fraction of sp³-hybridized carbons (Fsp3) is 0.364. The van der Waals surface area contributed by atoms with Crippen molar-refractivity contribution in [3.8, 4) is 11.5 Å². The fourth-order valence-electron chi connectivity index (χ4n) is 2.96. The molecule has 0 saturated carbocycles. The minimum absolute atomic E-state index is 0.137. The molecule has 29 heavy (non-hydrogen) atoms. The number of rotatable bonds is 9. The molecule has 156 valence electrons. The Morgan fingerprint density at radius 1 is 1.03 bits per heavy atom. The molecule has 0 fully saturated rings. The summed E-state index contributed by atoms with van der Waals surface area (Å²) >= 11 is 5.96. The smallest absolute Gasteiger partial charge is 0.242 e. The Labute approximate surface area is 176 Å². The van der Waals surface area contributed by atoms with Crippen LogP contribution in [-0.4, -0.2) is 43.5 Å². The van der Waals surface area contributed by atoms with E-state index in [4.69, 9.17) is 21.1 Å². The number of hydrogen-bond donors (Lipinski definition) is 1. The zero-order chi connectivity index (χ0) is 21.4. The van der Waals surface area contributed by atoms with Gasteiger partial charge in [-0.3, -0.25) is 9.59 Å². The second kappa shape index (κ2) is 10.7. The first-order valence-corrected chi connectivity index (χ1v) is 9.79. The first-order valence-electron chi connectivity index (χ1n) is 9.42. The highest BCUT2D eigenvalue weighted by atomic mass is 35.5. The first kappa shape index (κ1) is 22.6. The van der Waals surface area contributed by atoms with E-state index < -0.39 is 6.04 Å². The van der Waals surface area contributed by atoms with Crippen LogP contribution in [0.15, 0.2) is 42.5 Å². The molecule has 0 bridgehead atoms. The van der Waals surface area contributed by atoms with Crippen LogP contribution in [0.25, 0.3) is 0 Å². The molecule has 0 saturated heterocycles. The topological polar surface area (TPSA) is 67.9 Å². The molecule has 0 aromatic heterocycles. The molecular formula is C22H27ClN2O4. The summed E-state index contributed by atoms with van der Waals surface area (Å²) in [7, 11) is 3.11. The number of ether oxygens (including phenoxy) is 2. The van der Waals surface area contributed by atoms with Crippen molar-refractivity contribution in [2.45, 2.75) is 32.9 Å². The van der Waals surface area contributed by atoms with E-state index in [0.717, 1.165) is 11.1 Å². The molecule has 0 aliphatic rings. The predicted molar refractivity (Wildman–Crippen MR) is 113 cm³/mol. The maximum Gasteiger partial charge on any atom is 0.242 e. The van der Waals surface area contributed by atoms with E-state index in [1.54, 1.807) is 50.3 Å². The first-order chi connectivity index (χ1) is 13.9. The van der Waals surface area contributed by atoms with Gasteiger partial charge >= 0.3 is 0 Å². The highest BCUT2D eigenvalue weighted by Crippen LogP contribution is 2.28. The van der Waals surface area contributed by atoms with Gasteiger partial charge in [-0.2, -0.15) is 0 Å². The van der Waals surface area contributed by atoms with E-state index in [1.165, 1.54) is 0 Å². The number of carbonyl (C=O) groups excluding carboxylic acids is 2. The van der Waals surface area contributed by atoms with E-state index in [0.29, 0.717) is 29.6 Å². The lowest BCUT2D eigenvalue weighted by Crippen LogP contribution is -2.48. The minimum Gasteiger partial charge on any atom is -0.493 e. The molecule has 2 amide bonds. The van der Waals surface area contributed by atoms with Gasteiger partial charge in [-0.25, -0.2) is 0 Å². The van der Waals surface area contributed by atoms with Crippen molar-refractivity contribution < 1.29 is 19.1 Å². The van der Waals surface area contributed by atoms with Gasteiger partial charge in [0.05, 0.1) is 20.6 Å². The summed E-state index contributed by atoms with van der Waals surface area (Å²) in [5.74, 6) is 0.796. The van der Waals surface area contributed by atoms with Crippen LogP contribution in [0.3, 0.4) is 0 Å². The average Bonchev–Trinajstić information content (AvgIpc) is 2.72. The largest absolute Gasteiger partial charge is 0.493 e. The third kappa shape index (κ3) is 6.12. The molecule has 7 heteroatoms. The fourth-order valence-corrected chi connectivity index (χ4v) is 3.08. The van der Waals surface area contributed by atoms with Crippen LogP contribution in [-0.2, 0) is 22.6 Å². The Bertz CT molecular complexity index is 839. The Balaban J connectivity index is 2.25. The van der Waals surface area contributed by atoms with Crippen molar-refractivity contribution in [3.63, 3.8) is 0 Å². The second-order valence-electron chi connectivity index (χ2n) is 6.58. The molecule has 1 unspecified atom stereocenters. The Hall–Kier alpha value is -2.73. The molecule has 1 atom stereocenters. The lowest BCUT2D eigenvalue weighted by atomic mass is 10.1. The monoisotopic (exact) mass is 418 g/mol. The minimum atomic E-state index is -0.613. The summed E-state index contributed by atoms with van der Waals surface area (Å²) < 4.78 is 10.6. The van der Waals surface area contributed by atoms with Crippen molar-refractivity contribution in [2.75, 3.05) is 20.8 Å². The van der Waals surface area contributed by atoms with Crippen LogP contribution in [0.1, 0.15) is 25.0 Å². The number of likely N-dealkylation sites (N-methyl/N-ethyl adjacent to an activating group) is 1. The highest BCUT2D eigenvalue weighted by molar-refractivity contribution is 6.30. The van der Waals surface area contributed by atoms with Crippen LogP contribution in [0.5, 0.6) is 11.5 Å². The average molecular weight is 419 g/mol. The van der Waals surface area contributed by atoms with Gasteiger partial charge in [-0.15, -0.1) is 0 Å². The molecular weight excluding hydrogens is 392 g/mol. The molecule has 0 spiro atoms. The number of methoxy groups -OCH3 is 2. The summed E-state index contributed by atoms with van der Waals surface area (Å²) in [4.78, 5) is 27.1. The van der Waals surface area contributed by atoms with Crippen LogP contribution in [0, 0.1) is 0 Å². The molecule has 0 radical (unpaired) electrons. The summed E-state index contributed by atoms with van der Waals surface area (Å²) in [5.41, 5.74) is 1.67. The third-order valence-corrected chi connectivity index (χ3v) is 4.84. The van der Waals surface area contributed by atoms with Gasteiger partial charge in [0, 0.05) is 18.1 Å². The zero-order valence-corrected chi connectivity index (χ0v) is 18.0. The molecule has 0 aliphatic carbocycles. The summed E-state index contributed by atoms with van der Waals surface area (Å²) in [6.07, 6.45) is 0.137. The standard InChI is InChI=1S/C22H27ClN2O4/c1-5-24-22(27)15(2)25(14-16-6-9-18(23)10-7-16)21(26)13-17-8-11-19(28-3)20(12-17)29-4/h6-12,15H,5,13-14H2,1-4H3,(H,24,27). The van der Waals surface area contributed by atoms with Gasteiger partial charge in [-0.05, 0) is 49.2 Å². The number of carbonyl (C=O) groups is 2. The van der Waals surface area contributed by atoms with Gasteiger partial charge in [0.2, 0.25) is 11.8 Å². The van der Waals surface area contributed by atoms with Crippen molar-refractivity contribution in [1.82, 2.24) is 10.2 Å². The van der Waals surface area contributed by atoms with Crippen LogP contribution < -0.4 is 14.8 Å². The molecule has 2 aromatic rings. The van der Waals surface area contributed by atoms with E-state index in [1.807, 2.05) is 25.1 Å². The number of nitrogens with one attached hydrogen (secondary N) is 1. The van der Waals surface area contributed by atoms with Crippen LogP contribution in [0.4, 0.5) is 0 Å². The van der Waals surface area contributed by atoms with Gasteiger partial charge in [0.15, 0.2) is 11.5 Å². The molecule has 0 aliphatic heterocycles. The Morgan fingerprint density at radius 2 is 1.66 bits per heavy atom. The van der Waals surface area contributed by atoms with Crippen molar-refractivity contribution in [1.29, 1.82) is 0 Å². The predicted octanol–water partition coefficient (Wildman–Crippen LogP) is 3.45. The van der Waals surface area contributed by atoms with Gasteiger partial charge in [0.1, 0.15) is 6.04 Å². The Kier molecular flexibility index (Phi) is 8.34. The molecule has 0 heterocycles. The number of nitrogens with zero attached hydrogens (tertiary/aromatic N) is 1. The second-order valence-corrected chi connectivity index (χ2v) is 7.02. The van der Waals surface area contributed by atoms with Crippen molar-refractivity contribution >= 4 is 23.4 Å². The third-order valence-electron chi connectivity index (χ3n) is 4.59. The molecule has 2 rings (SSSR count). The number of halogens is 1. The SMILES string of the molecule is CCNC(=O)C(C)N(Cc1ccc(Cl)cc1)C(=O)Cc1ccc(OC)c(OC)c1. The number of hydrogen-bond acceptors (Lipinski definition) is 4. The van der Waals surface area contributed by atoms with Gasteiger partial charge in [0.25, 0.3) is 0 Å². The lowest BCUT2D eigenvalue weighted by molar-refractivity contribution is -0.140. The summed E-state index contributed by atoms with van der Waals surface area (Å²) in [6.45, 7) is 4.39. The molecule has 2 aromatic carbocycles. The summed E-state index contributed by atoms with van der Waals surface area (Å²) in [5, 5.41) is 3.40.